The van der Waals surface area contributed by atoms with Crippen LogP contribution in [0.5, 0.6) is 0 Å². The van der Waals surface area contributed by atoms with Crippen molar-refractivity contribution in [2.45, 2.75) is 59.3 Å². The molecule has 1 rings (SSSR count). The van der Waals surface area contributed by atoms with E-state index in [4.69, 9.17) is 0 Å². The van der Waals surface area contributed by atoms with Crippen molar-refractivity contribution in [3.8, 4) is 0 Å². The van der Waals surface area contributed by atoms with Crippen LogP contribution in [0.4, 0.5) is 0 Å². The molecule has 0 amide bonds. The van der Waals surface area contributed by atoms with Crippen molar-refractivity contribution in [3.05, 3.63) is 0 Å². The van der Waals surface area contributed by atoms with Gasteiger partial charge in [0.1, 0.15) is 0 Å². The Balaban J connectivity index is 1.96. The quantitative estimate of drug-likeness (QED) is 0.556. The second-order valence-electron chi connectivity index (χ2n) is 4.88. The Morgan fingerprint density at radius 3 is 2.17 bits per heavy atom. The SMILES string of the molecule is CCC(C)CCC(C)CC1CC1. The molecule has 0 bridgehead atoms. The highest BCUT2D eigenvalue weighted by Crippen LogP contribution is 2.36. The molecule has 0 nitrogen and oxygen atoms in total. The van der Waals surface area contributed by atoms with E-state index in [0.717, 1.165) is 17.8 Å². The van der Waals surface area contributed by atoms with Crippen molar-refractivity contribution < 1.29 is 0 Å². The van der Waals surface area contributed by atoms with E-state index < -0.39 is 0 Å². The van der Waals surface area contributed by atoms with Crippen LogP contribution < -0.4 is 0 Å². The van der Waals surface area contributed by atoms with Gasteiger partial charge in [0.05, 0.1) is 0 Å². The fourth-order valence-electron chi connectivity index (χ4n) is 1.81. The van der Waals surface area contributed by atoms with Gasteiger partial charge in [0.15, 0.2) is 0 Å². The third-order valence-corrected chi connectivity index (χ3v) is 3.28. The lowest BCUT2D eigenvalue weighted by Crippen LogP contribution is -2.00. The van der Waals surface area contributed by atoms with Gasteiger partial charge in [-0.15, -0.1) is 0 Å². The molecule has 0 spiro atoms. The Hall–Kier alpha value is 0. The van der Waals surface area contributed by atoms with Crippen molar-refractivity contribution in [2.24, 2.45) is 17.8 Å². The third-order valence-electron chi connectivity index (χ3n) is 3.28. The molecule has 0 N–H and O–H groups in total. The van der Waals surface area contributed by atoms with E-state index >= 15 is 0 Å². The molecule has 1 aliphatic carbocycles. The summed E-state index contributed by atoms with van der Waals surface area (Å²) < 4.78 is 0. The van der Waals surface area contributed by atoms with E-state index in [2.05, 4.69) is 20.8 Å². The summed E-state index contributed by atoms with van der Waals surface area (Å²) in [5.74, 6) is 3.06. The summed E-state index contributed by atoms with van der Waals surface area (Å²) in [4.78, 5) is 0. The van der Waals surface area contributed by atoms with Crippen LogP contribution in [-0.4, -0.2) is 0 Å². The largest absolute Gasteiger partial charge is 0.0651 e. The maximum Gasteiger partial charge on any atom is -0.0412 e. The van der Waals surface area contributed by atoms with Crippen LogP contribution in [0.3, 0.4) is 0 Å². The maximum atomic E-state index is 2.43. The molecule has 0 saturated heterocycles. The number of hydrogen-bond donors (Lipinski definition) is 0. The number of rotatable bonds is 6. The lowest BCUT2D eigenvalue weighted by molar-refractivity contribution is 0.393. The topological polar surface area (TPSA) is 0 Å². The zero-order valence-corrected chi connectivity index (χ0v) is 8.97. The minimum atomic E-state index is 0.951. The van der Waals surface area contributed by atoms with Crippen LogP contribution >= 0.6 is 0 Å². The van der Waals surface area contributed by atoms with Crippen molar-refractivity contribution in [1.82, 2.24) is 0 Å². The first-order chi connectivity index (χ1) is 5.72. The average Bonchev–Trinajstić information content (AvgIpc) is 2.84. The minimum absolute atomic E-state index is 0.951. The molecule has 0 aliphatic heterocycles. The Labute approximate surface area is 77.7 Å². The van der Waals surface area contributed by atoms with Crippen molar-refractivity contribution in [3.63, 3.8) is 0 Å². The second kappa shape index (κ2) is 4.89. The normalized spacial score (nSPS) is 22.2. The van der Waals surface area contributed by atoms with Crippen LogP contribution in [0.25, 0.3) is 0 Å². The van der Waals surface area contributed by atoms with Crippen LogP contribution in [0, 0.1) is 17.8 Å². The molecular weight excluding hydrogens is 144 g/mol. The minimum Gasteiger partial charge on any atom is -0.0651 e. The molecule has 0 aromatic rings. The summed E-state index contributed by atoms with van der Waals surface area (Å²) >= 11 is 0. The lowest BCUT2D eigenvalue weighted by atomic mass is 9.93. The Kier molecular flexibility index (Phi) is 4.11. The van der Waals surface area contributed by atoms with E-state index in [1.54, 1.807) is 0 Å². The monoisotopic (exact) mass is 168 g/mol. The van der Waals surface area contributed by atoms with Gasteiger partial charge in [-0.25, -0.2) is 0 Å². The fourth-order valence-corrected chi connectivity index (χ4v) is 1.81. The van der Waals surface area contributed by atoms with Gasteiger partial charge >= 0.3 is 0 Å². The fraction of sp³-hybridized carbons (Fsp3) is 1.00. The maximum absolute atomic E-state index is 2.43. The zero-order chi connectivity index (χ0) is 8.97. The molecule has 1 aliphatic rings. The number of hydrogen-bond acceptors (Lipinski definition) is 0. The van der Waals surface area contributed by atoms with E-state index in [1.807, 2.05) is 0 Å². The first kappa shape index (κ1) is 10.1. The molecule has 72 valence electrons. The average molecular weight is 168 g/mol. The molecule has 0 aromatic carbocycles. The molecule has 2 unspecified atom stereocenters. The van der Waals surface area contributed by atoms with Gasteiger partial charge in [0, 0.05) is 0 Å². The van der Waals surface area contributed by atoms with Gasteiger partial charge < -0.3 is 0 Å². The standard InChI is InChI=1S/C12H24/c1-4-10(2)5-6-11(3)9-12-7-8-12/h10-12H,4-9H2,1-3H3. The van der Waals surface area contributed by atoms with Gasteiger partial charge in [-0.05, 0) is 24.2 Å². The van der Waals surface area contributed by atoms with E-state index in [0.29, 0.717) is 0 Å². The van der Waals surface area contributed by atoms with Crippen LogP contribution in [-0.2, 0) is 0 Å². The van der Waals surface area contributed by atoms with Crippen LogP contribution in [0.2, 0.25) is 0 Å². The van der Waals surface area contributed by atoms with E-state index in [1.165, 1.54) is 38.5 Å². The second-order valence-corrected chi connectivity index (χ2v) is 4.88. The third kappa shape index (κ3) is 4.13. The molecule has 0 heteroatoms. The van der Waals surface area contributed by atoms with E-state index in [-0.39, 0.29) is 0 Å². The molecular formula is C12H24. The predicted molar refractivity (Wildman–Crippen MR) is 55.2 cm³/mol. The van der Waals surface area contributed by atoms with Gasteiger partial charge in [-0.1, -0.05) is 52.9 Å². The Morgan fingerprint density at radius 2 is 1.67 bits per heavy atom. The molecule has 1 fully saturated rings. The van der Waals surface area contributed by atoms with Gasteiger partial charge in [-0.3, -0.25) is 0 Å². The van der Waals surface area contributed by atoms with Gasteiger partial charge in [0.25, 0.3) is 0 Å². The summed E-state index contributed by atoms with van der Waals surface area (Å²) in [6.07, 6.45) is 8.82. The Bertz CT molecular complexity index is 113. The highest BCUT2D eigenvalue weighted by molar-refractivity contribution is 4.75. The Morgan fingerprint density at radius 1 is 1.08 bits per heavy atom. The molecule has 2 atom stereocenters. The zero-order valence-electron chi connectivity index (χ0n) is 8.97. The van der Waals surface area contributed by atoms with E-state index in [9.17, 15) is 0 Å². The van der Waals surface area contributed by atoms with Gasteiger partial charge in [-0.2, -0.15) is 0 Å². The molecule has 0 radical (unpaired) electrons. The summed E-state index contributed by atoms with van der Waals surface area (Å²) in [5, 5.41) is 0. The van der Waals surface area contributed by atoms with Crippen molar-refractivity contribution >= 4 is 0 Å². The van der Waals surface area contributed by atoms with Crippen molar-refractivity contribution in [1.29, 1.82) is 0 Å². The lowest BCUT2D eigenvalue weighted by Gasteiger charge is -2.13. The highest BCUT2D eigenvalue weighted by atomic mass is 14.3. The van der Waals surface area contributed by atoms with Crippen molar-refractivity contribution in [2.75, 3.05) is 0 Å². The van der Waals surface area contributed by atoms with Gasteiger partial charge in [0.2, 0.25) is 0 Å². The first-order valence-electron chi connectivity index (χ1n) is 5.72. The predicted octanol–water partition coefficient (Wildman–Crippen LogP) is 4.25. The smallest absolute Gasteiger partial charge is 0.0412 e. The molecule has 1 saturated carbocycles. The summed E-state index contributed by atoms with van der Waals surface area (Å²) in [7, 11) is 0. The highest BCUT2D eigenvalue weighted by Gasteiger charge is 2.23. The molecule has 12 heavy (non-hydrogen) atoms. The molecule has 0 aromatic heterocycles. The summed E-state index contributed by atoms with van der Waals surface area (Å²) in [5.41, 5.74) is 0. The summed E-state index contributed by atoms with van der Waals surface area (Å²) in [6, 6.07) is 0. The summed E-state index contributed by atoms with van der Waals surface area (Å²) in [6.45, 7) is 7.11. The van der Waals surface area contributed by atoms with Crippen LogP contribution in [0.1, 0.15) is 59.3 Å². The first-order valence-corrected chi connectivity index (χ1v) is 5.72. The van der Waals surface area contributed by atoms with Crippen LogP contribution in [0.15, 0.2) is 0 Å². The molecule has 0 heterocycles.